The Morgan fingerprint density at radius 2 is 2.00 bits per heavy atom. The highest BCUT2D eigenvalue weighted by Gasteiger charge is 2.37. The largest absolute Gasteiger partial charge is 0.480 e. The molecule has 0 radical (unpaired) electrons. The normalized spacial score (nSPS) is 15.7. The summed E-state index contributed by atoms with van der Waals surface area (Å²) in [7, 11) is 0. The predicted octanol–water partition coefficient (Wildman–Crippen LogP) is 1.95. The molecule has 1 atom stereocenters. The van der Waals surface area contributed by atoms with Crippen molar-refractivity contribution in [3.63, 3.8) is 0 Å². The van der Waals surface area contributed by atoms with E-state index in [9.17, 15) is 18.4 Å². The molecule has 2 rings (SSSR count). The first-order chi connectivity index (χ1) is 8.97. The van der Waals surface area contributed by atoms with E-state index in [0.29, 0.717) is 6.07 Å². The van der Waals surface area contributed by atoms with Gasteiger partial charge in [0.1, 0.15) is 17.7 Å². The second-order valence-corrected chi connectivity index (χ2v) is 4.38. The lowest BCUT2D eigenvalue weighted by molar-refractivity contribution is -0.139. The summed E-state index contributed by atoms with van der Waals surface area (Å²) in [6, 6.07) is 0.879. The molecule has 1 aliphatic rings. The van der Waals surface area contributed by atoms with Crippen LogP contribution in [0, 0.1) is 17.6 Å². The van der Waals surface area contributed by atoms with Crippen molar-refractivity contribution in [2.24, 2.45) is 5.92 Å². The van der Waals surface area contributed by atoms with E-state index in [0.717, 1.165) is 25.0 Å². The molecule has 1 unspecified atom stereocenters. The van der Waals surface area contributed by atoms with E-state index < -0.39 is 29.7 Å². The van der Waals surface area contributed by atoms with E-state index in [1.165, 1.54) is 0 Å². The lowest BCUT2D eigenvalue weighted by atomic mass is 10.2. The second-order valence-electron chi connectivity index (χ2n) is 4.38. The van der Waals surface area contributed by atoms with Gasteiger partial charge in [0.15, 0.2) is 0 Å². The summed E-state index contributed by atoms with van der Waals surface area (Å²) in [4.78, 5) is 22.5. The first-order valence-electron chi connectivity index (χ1n) is 5.73. The SMILES string of the molecule is O=C(Nc1ccc(F)cc1F)NC(C(=O)O)C1CC1. The van der Waals surface area contributed by atoms with Gasteiger partial charge in [0.05, 0.1) is 5.69 Å². The van der Waals surface area contributed by atoms with Crippen molar-refractivity contribution in [3.05, 3.63) is 29.8 Å². The molecule has 1 aromatic carbocycles. The molecule has 0 aliphatic heterocycles. The Hall–Kier alpha value is -2.18. The Labute approximate surface area is 107 Å². The van der Waals surface area contributed by atoms with Gasteiger partial charge in [-0.15, -0.1) is 0 Å². The molecule has 7 heteroatoms. The van der Waals surface area contributed by atoms with Crippen LogP contribution in [0.2, 0.25) is 0 Å². The molecule has 5 nitrogen and oxygen atoms in total. The zero-order chi connectivity index (χ0) is 14.0. The summed E-state index contributed by atoms with van der Waals surface area (Å²) < 4.78 is 25.9. The molecule has 1 saturated carbocycles. The fraction of sp³-hybridized carbons (Fsp3) is 0.333. The number of anilines is 1. The Morgan fingerprint density at radius 3 is 2.53 bits per heavy atom. The van der Waals surface area contributed by atoms with Crippen molar-refractivity contribution in [1.82, 2.24) is 5.32 Å². The third-order valence-corrected chi connectivity index (χ3v) is 2.83. The molecule has 3 N–H and O–H groups in total. The number of amides is 2. The molecule has 1 aliphatic carbocycles. The third-order valence-electron chi connectivity index (χ3n) is 2.83. The van der Waals surface area contributed by atoms with E-state index in [1.54, 1.807) is 0 Å². The molecule has 0 spiro atoms. The van der Waals surface area contributed by atoms with Crippen LogP contribution in [-0.2, 0) is 4.79 Å². The Balaban J connectivity index is 1.98. The molecule has 1 aromatic rings. The highest BCUT2D eigenvalue weighted by molar-refractivity contribution is 5.92. The van der Waals surface area contributed by atoms with Gasteiger partial charge in [-0.3, -0.25) is 0 Å². The number of carboxylic acid groups (broad SMARTS) is 1. The fourth-order valence-electron chi connectivity index (χ4n) is 1.70. The molecule has 0 bridgehead atoms. The van der Waals surface area contributed by atoms with Gasteiger partial charge in [0.2, 0.25) is 0 Å². The van der Waals surface area contributed by atoms with Crippen LogP contribution in [0.1, 0.15) is 12.8 Å². The second kappa shape index (κ2) is 5.21. The molecule has 2 amide bonds. The smallest absolute Gasteiger partial charge is 0.326 e. The number of aliphatic carboxylic acids is 1. The van der Waals surface area contributed by atoms with Crippen LogP contribution in [0.25, 0.3) is 0 Å². The van der Waals surface area contributed by atoms with Gasteiger partial charge in [-0.05, 0) is 30.9 Å². The summed E-state index contributed by atoms with van der Waals surface area (Å²) in [6.07, 6.45) is 1.48. The number of carbonyl (C=O) groups is 2. The van der Waals surface area contributed by atoms with Crippen LogP contribution in [-0.4, -0.2) is 23.1 Å². The van der Waals surface area contributed by atoms with E-state index in [2.05, 4.69) is 10.6 Å². The molecule has 0 aromatic heterocycles. The van der Waals surface area contributed by atoms with Crippen molar-refractivity contribution in [2.75, 3.05) is 5.32 Å². The van der Waals surface area contributed by atoms with E-state index >= 15 is 0 Å². The number of hydrogen-bond acceptors (Lipinski definition) is 2. The zero-order valence-electron chi connectivity index (χ0n) is 9.82. The van der Waals surface area contributed by atoms with Crippen LogP contribution < -0.4 is 10.6 Å². The monoisotopic (exact) mass is 270 g/mol. The van der Waals surface area contributed by atoms with Gasteiger partial charge in [-0.1, -0.05) is 0 Å². The molecule has 0 heterocycles. The summed E-state index contributed by atoms with van der Waals surface area (Å²) in [5.74, 6) is -2.89. The summed E-state index contributed by atoms with van der Waals surface area (Å²) in [5.41, 5.74) is -0.209. The zero-order valence-corrected chi connectivity index (χ0v) is 9.82. The van der Waals surface area contributed by atoms with Crippen molar-refractivity contribution >= 4 is 17.7 Å². The van der Waals surface area contributed by atoms with Gasteiger partial charge in [-0.25, -0.2) is 18.4 Å². The first-order valence-corrected chi connectivity index (χ1v) is 5.73. The van der Waals surface area contributed by atoms with Crippen LogP contribution in [0.4, 0.5) is 19.3 Å². The maximum atomic E-state index is 13.3. The first kappa shape index (κ1) is 13.3. The minimum atomic E-state index is -1.13. The topological polar surface area (TPSA) is 78.4 Å². The molecule has 102 valence electrons. The van der Waals surface area contributed by atoms with Crippen LogP contribution >= 0.6 is 0 Å². The summed E-state index contributed by atoms with van der Waals surface area (Å²) in [6.45, 7) is 0. The highest BCUT2D eigenvalue weighted by atomic mass is 19.1. The van der Waals surface area contributed by atoms with E-state index in [1.807, 2.05) is 0 Å². The summed E-state index contributed by atoms with van der Waals surface area (Å²) in [5, 5.41) is 13.3. The average Bonchev–Trinajstić information content (AvgIpc) is 3.13. The molecule has 1 fully saturated rings. The number of benzene rings is 1. The van der Waals surface area contributed by atoms with Gasteiger partial charge < -0.3 is 15.7 Å². The number of nitrogens with one attached hydrogen (secondary N) is 2. The van der Waals surface area contributed by atoms with Crippen LogP contribution in [0.15, 0.2) is 18.2 Å². The highest BCUT2D eigenvalue weighted by Crippen LogP contribution is 2.32. The Morgan fingerprint density at radius 1 is 1.32 bits per heavy atom. The predicted molar refractivity (Wildman–Crippen MR) is 62.7 cm³/mol. The molecule has 19 heavy (non-hydrogen) atoms. The summed E-state index contributed by atoms with van der Waals surface area (Å²) >= 11 is 0. The van der Waals surface area contributed by atoms with Gasteiger partial charge >= 0.3 is 12.0 Å². The van der Waals surface area contributed by atoms with Crippen LogP contribution in [0.3, 0.4) is 0 Å². The van der Waals surface area contributed by atoms with Gasteiger partial charge in [-0.2, -0.15) is 0 Å². The molecular formula is C12H12F2N2O3. The number of rotatable bonds is 4. The quantitative estimate of drug-likeness (QED) is 0.782. The number of halogens is 2. The lowest BCUT2D eigenvalue weighted by Crippen LogP contribution is -2.44. The number of carboxylic acids is 1. The van der Waals surface area contributed by atoms with Crippen molar-refractivity contribution < 1.29 is 23.5 Å². The van der Waals surface area contributed by atoms with Crippen molar-refractivity contribution in [2.45, 2.75) is 18.9 Å². The van der Waals surface area contributed by atoms with Crippen molar-refractivity contribution in [1.29, 1.82) is 0 Å². The van der Waals surface area contributed by atoms with Gasteiger partial charge in [0, 0.05) is 6.07 Å². The lowest BCUT2D eigenvalue weighted by Gasteiger charge is -2.14. The maximum Gasteiger partial charge on any atom is 0.326 e. The molecule has 0 saturated heterocycles. The van der Waals surface area contributed by atoms with Crippen molar-refractivity contribution in [3.8, 4) is 0 Å². The third kappa shape index (κ3) is 3.40. The number of hydrogen-bond donors (Lipinski definition) is 3. The number of urea groups is 1. The van der Waals surface area contributed by atoms with Gasteiger partial charge in [0.25, 0.3) is 0 Å². The Kier molecular flexibility index (Phi) is 3.64. The standard InChI is InChI=1S/C12H12F2N2O3/c13-7-3-4-9(8(14)5-7)15-12(19)16-10(11(17)18)6-1-2-6/h3-6,10H,1-2H2,(H,17,18)(H2,15,16,19). The Bertz CT molecular complexity index is 518. The minimum Gasteiger partial charge on any atom is -0.480 e. The minimum absolute atomic E-state index is 0.0821. The van der Waals surface area contributed by atoms with Crippen LogP contribution in [0.5, 0.6) is 0 Å². The average molecular weight is 270 g/mol. The fourth-order valence-corrected chi connectivity index (χ4v) is 1.70. The maximum absolute atomic E-state index is 13.3. The van der Waals surface area contributed by atoms with E-state index in [4.69, 9.17) is 5.11 Å². The van der Waals surface area contributed by atoms with E-state index in [-0.39, 0.29) is 11.6 Å². The molecular weight excluding hydrogens is 258 g/mol. The number of carbonyl (C=O) groups excluding carboxylic acids is 1.